The summed E-state index contributed by atoms with van der Waals surface area (Å²) in [4.78, 5) is 7.12. The Kier molecular flexibility index (Phi) is 1.39. The monoisotopic (exact) mass is 143 g/mol. The number of aromatic amines is 1. The molecule has 0 aromatic carbocycles. The van der Waals surface area contributed by atoms with Crippen molar-refractivity contribution in [3.63, 3.8) is 0 Å². The predicted octanol–water partition coefficient (Wildman–Crippen LogP) is 1.69. The van der Waals surface area contributed by atoms with E-state index in [1.807, 2.05) is 18.3 Å². The second kappa shape index (κ2) is 2.38. The fourth-order valence-electron chi connectivity index (χ4n) is 1.16. The molecule has 0 saturated heterocycles. The highest BCUT2D eigenvalue weighted by atomic mass is 14.8. The first-order chi connectivity index (χ1) is 5.42. The van der Waals surface area contributed by atoms with Crippen molar-refractivity contribution in [1.29, 1.82) is 0 Å². The third-order valence-corrected chi connectivity index (χ3v) is 1.73. The van der Waals surface area contributed by atoms with E-state index in [2.05, 4.69) is 9.97 Å². The van der Waals surface area contributed by atoms with Gasteiger partial charge < -0.3 is 4.98 Å². The predicted molar refractivity (Wildman–Crippen MR) is 43.0 cm³/mol. The fraction of sp³-hybridized carbons (Fsp3) is 0.111. The van der Waals surface area contributed by atoms with Crippen molar-refractivity contribution in [3.05, 3.63) is 37.0 Å². The summed E-state index contributed by atoms with van der Waals surface area (Å²) in [6, 6.07) is 3.86. The first-order valence-corrected chi connectivity index (χ1v) is 3.47. The van der Waals surface area contributed by atoms with E-state index >= 15 is 0 Å². The molecule has 53 valence electrons. The highest BCUT2D eigenvalue weighted by molar-refractivity contribution is 5.79. The molecule has 2 heteroatoms. The van der Waals surface area contributed by atoms with Crippen molar-refractivity contribution in [3.8, 4) is 0 Å². The maximum atomic E-state index is 7.19. The maximum Gasteiger partial charge on any atom is 0.137 e. The molecule has 1 N–H and O–H groups in total. The lowest BCUT2D eigenvalue weighted by Crippen LogP contribution is -1.76. The van der Waals surface area contributed by atoms with Gasteiger partial charge in [-0.25, -0.2) is 4.98 Å². The third kappa shape index (κ3) is 0.909. The van der Waals surface area contributed by atoms with Crippen LogP contribution in [0.4, 0.5) is 0 Å². The number of aromatic nitrogens is 2. The summed E-state index contributed by atoms with van der Waals surface area (Å²) in [7, 11) is 0. The van der Waals surface area contributed by atoms with Crippen LogP contribution in [-0.4, -0.2) is 9.97 Å². The van der Waals surface area contributed by atoms with Crippen molar-refractivity contribution >= 4 is 11.0 Å². The van der Waals surface area contributed by atoms with E-state index < -0.39 is 0 Å². The molecule has 2 heterocycles. The summed E-state index contributed by atoms with van der Waals surface area (Å²) < 4.78 is 0. The smallest absolute Gasteiger partial charge is 0.137 e. The number of fused-ring (bicyclic) bond motifs is 1. The van der Waals surface area contributed by atoms with Crippen LogP contribution in [0.3, 0.4) is 0 Å². The molecule has 0 amide bonds. The van der Waals surface area contributed by atoms with Gasteiger partial charge in [0.05, 0.1) is 0 Å². The highest BCUT2D eigenvalue weighted by Gasteiger charge is 1.99. The molecule has 2 rings (SSSR count). The summed E-state index contributed by atoms with van der Waals surface area (Å²) >= 11 is 0. The lowest BCUT2D eigenvalue weighted by atomic mass is 10.2. The van der Waals surface area contributed by atoms with Crippen LogP contribution in [0.15, 0.2) is 24.5 Å². The number of nitrogens with one attached hydrogen (secondary N) is 1. The molecular weight excluding hydrogens is 136 g/mol. The quantitative estimate of drug-likeness (QED) is 0.646. The van der Waals surface area contributed by atoms with Crippen LogP contribution in [0.25, 0.3) is 11.0 Å². The van der Waals surface area contributed by atoms with E-state index in [1.165, 1.54) is 0 Å². The van der Waals surface area contributed by atoms with Crippen molar-refractivity contribution in [2.45, 2.75) is 6.42 Å². The Balaban J connectivity index is 2.76. The van der Waals surface area contributed by atoms with Gasteiger partial charge in [-0.05, 0) is 31.0 Å². The molecule has 0 aliphatic rings. The average molecular weight is 143 g/mol. The second-order valence-electron chi connectivity index (χ2n) is 2.39. The van der Waals surface area contributed by atoms with Crippen LogP contribution in [-0.2, 0) is 6.42 Å². The molecule has 0 atom stereocenters. The third-order valence-electron chi connectivity index (χ3n) is 1.73. The maximum absolute atomic E-state index is 7.19. The van der Waals surface area contributed by atoms with Crippen molar-refractivity contribution in [1.82, 2.24) is 9.97 Å². The van der Waals surface area contributed by atoms with Gasteiger partial charge in [-0.1, -0.05) is 0 Å². The zero-order valence-electron chi connectivity index (χ0n) is 5.96. The molecule has 0 saturated carbocycles. The van der Waals surface area contributed by atoms with Gasteiger partial charge in [0.1, 0.15) is 5.65 Å². The second-order valence-corrected chi connectivity index (χ2v) is 2.39. The minimum atomic E-state index is 0.311. The summed E-state index contributed by atoms with van der Waals surface area (Å²) in [5, 5.41) is 1.06. The molecule has 0 aliphatic heterocycles. The van der Waals surface area contributed by atoms with Crippen LogP contribution in [0.1, 0.15) is 5.56 Å². The minimum absolute atomic E-state index is 0.311. The summed E-state index contributed by atoms with van der Waals surface area (Å²) in [5.41, 5.74) is 1.88. The fourth-order valence-corrected chi connectivity index (χ4v) is 1.16. The zero-order valence-corrected chi connectivity index (χ0v) is 5.96. The average Bonchev–Trinajstić information content (AvgIpc) is 2.47. The standard InChI is InChI=1S/C9H7N2/c1-2-7-6-11-9-8(7)4-3-5-10-9/h3-6H,2H2,(H,10,11). The number of hydrogen-bond donors (Lipinski definition) is 1. The van der Waals surface area contributed by atoms with Gasteiger partial charge in [0.2, 0.25) is 0 Å². The van der Waals surface area contributed by atoms with Crippen LogP contribution >= 0.6 is 0 Å². The molecule has 0 spiro atoms. The molecule has 0 aliphatic carbocycles. The van der Waals surface area contributed by atoms with E-state index in [0.29, 0.717) is 6.42 Å². The van der Waals surface area contributed by atoms with Gasteiger partial charge in [0, 0.05) is 17.8 Å². The van der Waals surface area contributed by atoms with Gasteiger partial charge in [-0.3, -0.25) is 0 Å². The molecule has 0 bridgehead atoms. The minimum Gasteiger partial charge on any atom is -0.346 e. The van der Waals surface area contributed by atoms with E-state index in [0.717, 1.165) is 16.6 Å². The van der Waals surface area contributed by atoms with Crippen molar-refractivity contribution in [2.24, 2.45) is 0 Å². The lowest BCUT2D eigenvalue weighted by molar-refractivity contribution is 1.28. The Morgan fingerprint density at radius 3 is 3.27 bits per heavy atom. The van der Waals surface area contributed by atoms with Crippen LogP contribution in [0.2, 0.25) is 0 Å². The Morgan fingerprint density at radius 2 is 2.45 bits per heavy atom. The highest BCUT2D eigenvalue weighted by Crippen LogP contribution is 2.14. The number of H-pyrrole nitrogens is 1. The van der Waals surface area contributed by atoms with Gasteiger partial charge >= 0.3 is 0 Å². The summed E-state index contributed by atoms with van der Waals surface area (Å²) in [6.07, 6.45) is 3.89. The Labute approximate surface area is 65.3 Å². The van der Waals surface area contributed by atoms with E-state index in [1.54, 1.807) is 6.20 Å². The Hall–Kier alpha value is -1.31. The molecule has 2 nitrogen and oxygen atoms in total. The van der Waals surface area contributed by atoms with Gasteiger partial charge in [-0.15, -0.1) is 0 Å². The largest absolute Gasteiger partial charge is 0.346 e. The van der Waals surface area contributed by atoms with Crippen molar-refractivity contribution in [2.75, 3.05) is 0 Å². The molecule has 0 fully saturated rings. The molecule has 3 radical (unpaired) electrons. The SMILES string of the molecule is [C]Cc1c[nH]c2ncccc12. The van der Waals surface area contributed by atoms with Gasteiger partial charge in [-0.2, -0.15) is 0 Å². The molecular formula is C9H7N2. The lowest BCUT2D eigenvalue weighted by Gasteiger charge is -1.89. The molecule has 11 heavy (non-hydrogen) atoms. The van der Waals surface area contributed by atoms with E-state index in [9.17, 15) is 0 Å². The van der Waals surface area contributed by atoms with Gasteiger partial charge in [0.15, 0.2) is 0 Å². The first kappa shape index (κ1) is 6.40. The van der Waals surface area contributed by atoms with Gasteiger partial charge in [0.25, 0.3) is 0 Å². The van der Waals surface area contributed by atoms with E-state index in [4.69, 9.17) is 6.92 Å². The Morgan fingerprint density at radius 1 is 1.55 bits per heavy atom. The number of hydrogen-bond acceptors (Lipinski definition) is 1. The molecule has 0 unspecified atom stereocenters. The molecule has 2 aromatic heterocycles. The molecule has 2 aromatic rings. The summed E-state index contributed by atoms with van der Waals surface area (Å²) in [5.74, 6) is 0. The Bertz CT molecular complexity index is 362. The van der Waals surface area contributed by atoms with Crippen LogP contribution < -0.4 is 0 Å². The number of nitrogens with zero attached hydrogens (tertiary/aromatic N) is 1. The van der Waals surface area contributed by atoms with E-state index in [-0.39, 0.29) is 0 Å². The zero-order chi connectivity index (χ0) is 7.68. The topological polar surface area (TPSA) is 28.7 Å². The van der Waals surface area contributed by atoms with Crippen LogP contribution in [0.5, 0.6) is 0 Å². The number of rotatable bonds is 1. The summed E-state index contributed by atoms with van der Waals surface area (Å²) in [6.45, 7) is 7.19. The number of pyridine rings is 1. The van der Waals surface area contributed by atoms with Crippen molar-refractivity contribution < 1.29 is 0 Å². The normalized spacial score (nSPS) is 10.6. The van der Waals surface area contributed by atoms with Crippen LogP contribution in [0, 0.1) is 6.92 Å². The first-order valence-electron chi connectivity index (χ1n) is 3.47.